The van der Waals surface area contributed by atoms with E-state index in [1.165, 1.54) is 0 Å². The summed E-state index contributed by atoms with van der Waals surface area (Å²) in [6.07, 6.45) is 3.73. The van der Waals surface area contributed by atoms with Crippen LogP contribution in [0.5, 0.6) is 11.5 Å². The molecule has 2 aliphatic rings. The van der Waals surface area contributed by atoms with E-state index in [2.05, 4.69) is 10.2 Å². The number of fused-ring (bicyclic) bond motifs is 3. The molecule has 31 heavy (non-hydrogen) atoms. The molecule has 2 aromatic rings. The molecule has 7 nitrogen and oxygen atoms in total. The van der Waals surface area contributed by atoms with Crippen molar-refractivity contribution >= 4 is 23.2 Å². The first kappa shape index (κ1) is 21.0. The molecular weight excluding hydrogens is 394 g/mol. The molecule has 4 rings (SSSR count). The summed E-state index contributed by atoms with van der Waals surface area (Å²) in [5.74, 6) is 1.31. The number of anilines is 2. The molecule has 1 fully saturated rings. The highest BCUT2D eigenvalue weighted by Crippen LogP contribution is 2.39. The summed E-state index contributed by atoms with van der Waals surface area (Å²) in [5, 5.41) is 2.97. The largest absolute Gasteiger partial charge is 0.493 e. The Morgan fingerprint density at radius 3 is 2.65 bits per heavy atom. The molecule has 0 saturated carbocycles. The van der Waals surface area contributed by atoms with Gasteiger partial charge in [-0.1, -0.05) is 6.07 Å². The van der Waals surface area contributed by atoms with Crippen LogP contribution in [0, 0.1) is 0 Å². The lowest BCUT2D eigenvalue weighted by Crippen LogP contribution is -2.54. The molecule has 0 bridgehead atoms. The number of likely N-dealkylation sites (N-methyl/N-ethyl adjacent to an activating group) is 1. The molecule has 164 valence electrons. The molecule has 7 heteroatoms. The van der Waals surface area contributed by atoms with Crippen molar-refractivity contribution in [1.82, 2.24) is 5.32 Å². The number of ether oxygens (including phenoxy) is 2. The van der Waals surface area contributed by atoms with E-state index in [9.17, 15) is 9.59 Å². The van der Waals surface area contributed by atoms with Crippen molar-refractivity contribution in [3.8, 4) is 11.5 Å². The Labute approximate surface area is 182 Å². The van der Waals surface area contributed by atoms with Gasteiger partial charge in [-0.2, -0.15) is 0 Å². The maximum atomic E-state index is 12.8. The standard InChI is InChI=1S/C24H29N3O4/c1-26-20-15-17(8-9-18(20)27-13-5-4-6-19(27)24(26)29)23(28)25-12-11-16-7-10-21(30-2)22(14-16)31-3/h7-10,14-15,19H,4-6,11-13H2,1-3H3,(H,25,28)/t19-/m0/s1. The molecule has 2 amide bonds. The van der Waals surface area contributed by atoms with E-state index in [1.807, 2.05) is 36.4 Å². The average Bonchev–Trinajstić information content (AvgIpc) is 2.82. The van der Waals surface area contributed by atoms with Crippen LogP contribution in [-0.2, 0) is 11.2 Å². The predicted octanol–water partition coefficient (Wildman–Crippen LogP) is 3.01. The molecule has 2 aliphatic heterocycles. The minimum absolute atomic E-state index is 0.0765. The Kier molecular flexibility index (Phi) is 6.02. The number of methoxy groups -OCH3 is 2. The molecule has 1 N–H and O–H groups in total. The Balaban J connectivity index is 1.44. The molecule has 2 aromatic carbocycles. The van der Waals surface area contributed by atoms with E-state index in [0.29, 0.717) is 30.0 Å². The van der Waals surface area contributed by atoms with E-state index >= 15 is 0 Å². The smallest absolute Gasteiger partial charge is 0.251 e. The van der Waals surface area contributed by atoms with Crippen LogP contribution in [0.15, 0.2) is 36.4 Å². The zero-order valence-corrected chi connectivity index (χ0v) is 18.3. The van der Waals surface area contributed by atoms with Crippen molar-refractivity contribution in [3.63, 3.8) is 0 Å². The number of carbonyl (C=O) groups is 2. The molecule has 1 saturated heterocycles. The molecule has 1 atom stereocenters. The normalized spacial score (nSPS) is 17.6. The number of piperidine rings is 1. The first-order valence-electron chi connectivity index (χ1n) is 10.7. The third-order valence-electron chi connectivity index (χ3n) is 6.17. The Morgan fingerprint density at radius 2 is 1.87 bits per heavy atom. The number of carbonyl (C=O) groups excluding carboxylic acids is 2. The third-order valence-corrected chi connectivity index (χ3v) is 6.17. The second kappa shape index (κ2) is 8.88. The van der Waals surface area contributed by atoms with Gasteiger partial charge >= 0.3 is 0 Å². The topological polar surface area (TPSA) is 71.1 Å². The van der Waals surface area contributed by atoms with Gasteiger partial charge < -0.3 is 24.6 Å². The average molecular weight is 424 g/mol. The summed E-state index contributed by atoms with van der Waals surface area (Å²) in [4.78, 5) is 29.4. The monoisotopic (exact) mass is 423 g/mol. The lowest BCUT2D eigenvalue weighted by atomic mass is 9.96. The minimum atomic E-state index is -0.148. The SMILES string of the molecule is COc1ccc(CCNC(=O)c2ccc3c(c2)N(C)C(=O)[C@@H]2CCCCN32)cc1OC. The van der Waals surface area contributed by atoms with Crippen LogP contribution in [0.1, 0.15) is 35.2 Å². The van der Waals surface area contributed by atoms with Crippen LogP contribution in [0.4, 0.5) is 11.4 Å². The second-order valence-electron chi connectivity index (χ2n) is 8.00. The fraction of sp³-hybridized carbons (Fsp3) is 0.417. The third kappa shape index (κ3) is 4.04. The number of hydrogen-bond donors (Lipinski definition) is 1. The lowest BCUT2D eigenvalue weighted by Gasteiger charge is -2.44. The van der Waals surface area contributed by atoms with Gasteiger partial charge in [0.2, 0.25) is 5.91 Å². The minimum Gasteiger partial charge on any atom is -0.493 e. The van der Waals surface area contributed by atoms with Gasteiger partial charge in [-0.25, -0.2) is 0 Å². The van der Waals surface area contributed by atoms with Crippen LogP contribution in [0.25, 0.3) is 0 Å². The van der Waals surface area contributed by atoms with Crippen molar-refractivity contribution in [1.29, 1.82) is 0 Å². The van der Waals surface area contributed by atoms with Crippen LogP contribution in [-0.4, -0.2) is 52.2 Å². The van der Waals surface area contributed by atoms with Gasteiger partial charge in [0.15, 0.2) is 11.5 Å². The highest BCUT2D eigenvalue weighted by Gasteiger charge is 2.37. The van der Waals surface area contributed by atoms with E-state index in [4.69, 9.17) is 9.47 Å². The van der Waals surface area contributed by atoms with E-state index in [0.717, 1.165) is 42.7 Å². The molecule has 0 aliphatic carbocycles. The number of nitrogens with zero attached hydrogens (tertiary/aromatic N) is 2. The summed E-state index contributed by atoms with van der Waals surface area (Å²) < 4.78 is 10.6. The molecule has 0 unspecified atom stereocenters. The molecular formula is C24H29N3O4. The van der Waals surface area contributed by atoms with Crippen LogP contribution in [0.2, 0.25) is 0 Å². The molecule has 0 spiro atoms. The van der Waals surface area contributed by atoms with Crippen molar-refractivity contribution in [3.05, 3.63) is 47.5 Å². The number of rotatable bonds is 6. The maximum absolute atomic E-state index is 12.8. The van der Waals surface area contributed by atoms with Crippen LogP contribution < -0.4 is 24.6 Å². The van der Waals surface area contributed by atoms with Gasteiger partial charge in [0.25, 0.3) is 5.91 Å². The lowest BCUT2D eigenvalue weighted by molar-refractivity contribution is -0.120. The van der Waals surface area contributed by atoms with E-state index < -0.39 is 0 Å². The molecule has 0 aromatic heterocycles. The zero-order chi connectivity index (χ0) is 22.0. The van der Waals surface area contributed by atoms with E-state index in [1.54, 1.807) is 26.2 Å². The molecule has 2 heterocycles. The van der Waals surface area contributed by atoms with Gasteiger partial charge in [-0.05, 0) is 61.6 Å². The highest BCUT2D eigenvalue weighted by molar-refractivity contribution is 6.07. The summed E-state index contributed by atoms with van der Waals surface area (Å²) in [7, 11) is 5.01. The number of benzene rings is 2. The van der Waals surface area contributed by atoms with Gasteiger partial charge in [0.1, 0.15) is 6.04 Å². The number of hydrogen-bond acceptors (Lipinski definition) is 5. The first-order valence-corrected chi connectivity index (χ1v) is 10.7. The summed E-state index contributed by atoms with van der Waals surface area (Å²) in [6.45, 7) is 1.38. The fourth-order valence-corrected chi connectivity index (χ4v) is 4.45. The number of nitrogens with one attached hydrogen (secondary N) is 1. The van der Waals surface area contributed by atoms with Crippen LogP contribution >= 0.6 is 0 Å². The van der Waals surface area contributed by atoms with Gasteiger partial charge in [0, 0.05) is 25.7 Å². The second-order valence-corrected chi connectivity index (χ2v) is 8.00. The quantitative estimate of drug-likeness (QED) is 0.773. The summed E-state index contributed by atoms with van der Waals surface area (Å²) in [6, 6.07) is 11.3. The Morgan fingerprint density at radius 1 is 1.06 bits per heavy atom. The maximum Gasteiger partial charge on any atom is 0.251 e. The Hall–Kier alpha value is -3.22. The van der Waals surface area contributed by atoms with Gasteiger partial charge in [0.05, 0.1) is 25.6 Å². The van der Waals surface area contributed by atoms with Crippen molar-refractivity contribution in [2.24, 2.45) is 0 Å². The van der Waals surface area contributed by atoms with Crippen molar-refractivity contribution in [2.75, 3.05) is 44.2 Å². The zero-order valence-electron chi connectivity index (χ0n) is 18.3. The summed E-state index contributed by atoms with van der Waals surface area (Å²) >= 11 is 0. The van der Waals surface area contributed by atoms with Gasteiger partial charge in [-0.15, -0.1) is 0 Å². The predicted molar refractivity (Wildman–Crippen MR) is 120 cm³/mol. The van der Waals surface area contributed by atoms with Crippen LogP contribution in [0.3, 0.4) is 0 Å². The van der Waals surface area contributed by atoms with Crippen molar-refractivity contribution in [2.45, 2.75) is 31.7 Å². The Bertz CT molecular complexity index is 991. The first-order chi connectivity index (χ1) is 15.0. The van der Waals surface area contributed by atoms with E-state index in [-0.39, 0.29) is 17.9 Å². The highest BCUT2D eigenvalue weighted by atomic mass is 16.5. The fourth-order valence-electron chi connectivity index (χ4n) is 4.45. The molecule has 0 radical (unpaired) electrons. The van der Waals surface area contributed by atoms with Crippen molar-refractivity contribution < 1.29 is 19.1 Å². The summed E-state index contributed by atoms with van der Waals surface area (Å²) in [5.41, 5.74) is 3.44. The number of amides is 2. The van der Waals surface area contributed by atoms with Gasteiger partial charge in [-0.3, -0.25) is 9.59 Å².